The van der Waals surface area contributed by atoms with E-state index in [0.29, 0.717) is 0 Å². The lowest BCUT2D eigenvalue weighted by atomic mass is 10.5. The maximum Gasteiger partial charge on any atom is 0.132 e. The molecule has 0 bridgehead atoms. The van der Waals surface area contributed by atoms with Crippen LogP contribution in [0.3, 0.4) is 0 Å². The second kappa shape index (κ2) is 4.37. The minimum absolute atomic E-state index is 0.799. The Morgan fingerprint density at radius 2 is 2.25 bits per heavy atom. The van der Waals surface area contributed by atoms with Crippen molar-refractivity contribution in [1.29, 1.82) is 0 Å². The Hall–Kier alpha value is -0.790. The third kappa shape index (κ3) is 2.39. The number of nitrogens with zero attached hydrogens (tertiary/aromatic N) is 1. The summed E-state index contributed by atoms with van der Waals surface area (Å²) in [6.07, 6.45) is 3.52. The average Bonchev–Trinajstić information content (AvgIpc) is 1.83. The van der Waals surface area contributed by atoms with E-state index < -0.39 is 0 Å². The highest BCUT2D eigenvalue weighted by Crippen LogP contribution is 1.87. The van der Waals surface area contributed by atoms with Crippen LogP contribution >= 0.6 is 0 Å². The molecule has 0 saturated carbocycles. The molecular formula is C6H11NO. The molecule has 0 aromatic rings. The molecule has 0 N–H and O–H groups in total. The van der Waals surface area contributed by atoms with E-state index in [0.717, 1.165) is 5.76 Å². The van der Waals surface area contributed by atoms with Crippen molar-refractivity contribution in [2.75, 3.05) is 14.2 Å². The van der Waals surface area contributed by atoms with Gasteiger partial charge in [0.2, 0.25) is 0 Å². The van der Waals surface area contributed by atoms with Crippen molar-refractivity contribution in [3.8, 4) is 0 Å². The molecule has 0 aliphatic rings. The molecule has 0 aliphatic heterocycles. The molecule has 0 aliphatic carbocycles. The average molecular weight is 113 g/mol. The molecule has 0 rings (SSSR count). The molecule has 46 valence electrons. The van der Waals surface area contributed by atoms with Gasteiger partial charge in [-0.25, -0.2) is 0 Å². The Balaban J connectivity index is 3.72. The molecule has 0 atom stereocenters. The topological polar surface area (TPSA) is 21.6 Å². The predicted molar refractivity (Wildman–Crippen MR) is 35.2 cm³/mol. The van der Waals surface area contributed by atoms with E-state index in [4.69, 9.17) is 4.74 Å². The molecule has 0 fully saturated rings. The zero-order valence-electron chi connectivity index (χ0n) is 5.51. The SMILES string of the molecule is C/C=C(\C=NC)OC. The molecule has 0 unspecified atom stereocenters. The van der Waals surface area contributed by atoms with E-state index in [9.17, 15) is 0 Å². The number of rotatable bonds is 2. The van der Waals surface area contributed by atoms with Crippen molar-refractivity contribution < 1.29 is 4.74 Å². The van der Waals surface area contributed by atoms with Crippen LogP contribution in [0.2, 0.25) is 0 Å². The second-order valence-corrected chi connectivity index (χ2v) is 1.28. The number of ether oxygens (including phenoxy) is 1. The van der Waals surface area contributed by atoms with Crippen molar-refractivity contribution in [3.63, 3.8) is 0 Å². The van der Waals surface area contributed by atoms with Gasteiger partial charge in [-0.15, -0.1) is 0 Å². The highest BCUT2D eigenvalue weighted by Gasteiger charge is 1.81. The van der Waals surface area contributed by atoms with Crippen LogP contribution in [-0.4, -0.2) is 20.4 Å². The van der Waals surface area contributed by atoms with Crippen molar-refractivity contribution in [2.45, 2.75) is 6.92 Å². The van der Waals surface area contributed by atoms with Crippen molar-refractivity contribution in [1.82, 2.24) is 0 Å². The Morgan fingerprint density at radius 3 is 2.38 bits per heavy atom. The van der Waals surface area contributed by atoms with Crippen LogP contribution in [-0.2, 0) is 4.74 Å². The van der Waals surface area contributed by atoms with Gasteiger partial charge in [0.25, 0.3) is 0 Å². The standard InChI is InChI=1S/C6H11NO/c1-4-6(8-3)5-7-2/h4-5H,1-3H3/b6-4+,7-5?. The quantitative estimate of drug-likeness (QED) is 0.390. The van der Waals surface area contributed by atoms with Crippen LogP contribution in [0.15, 0.2) is 16.8 Å². The van der Waals surface area contributed by atoms with Gasteiger partial charge in [0.15, 0.2) is 0 Å². The molecule has 8 heavy (non-hydrogen) atoms. The lowest BCUT2D eigenvalue weighted by Gasteiger charge is -1.94. The monoisotopic (exact) mass is 113 g/mol. The van der Waals surface area contributed by atoms with Gasteiger partial charge in [0, 0.05) is 7.05 Å². The lowest BCUT2D eigenvalue weighted by Crippen LogP contribution is -1.85. The van der Waals surface area contributed by atoms with Crippen LogP contribution in [0.1, 0.15) is 6.92 Å². The summed E-state index contributed by atoms with van der Waals surface area (Å²) in [5, 5.41) is 0. The highest BCUT2D eigenvalue weighted by molar-refractivity contribution is 5.75. The van der Waals surface area contributed by atoms with Crippen molar-refractivity contribution >= 4 is 6.21 Å². The first-order valence-corrected chi connectivity index (χ1v) is 2.47. The number of hydrogen-bond acceptors (Lipinski definition) is 2. The fraction of sp³-hybridized carbons (Fsp3) is 0.500. The molecule has 0 saturated heterocycles. The Morgan fingerprint density at radius 1 is 1.62 bits per heavy atom. The zero-order chi connectivity index (χ0) is 6.41. The molecule has 0 aromatic heterocycles. The molecule has 2 heteroatoms. The number of allylic oxidation sites excluding steroid dienone is 2. The van der Waals surface area contributed by atoms with E-state index in [1.54, 1.807) is 20.4 Å². The third-order valence-electron chi connectivity index (χ3n) is 0.777. The summed E-state index contributed by atoms with van der Waals surface area (Å²) in [7, 11) is 3.33. The maximum absolute atomic E-state index is 4.85. The van der Waals surface area contributed by atoms with Crippen LogP contribution in [0.25, 0.3) is 0 Å². The summed E-state index contributed by atoms with van der Waals surface area (Å²) in [5.74, 6) is 0.799. The summed E-state index contributed by atoms with van der Waals surface area (Å²) in [6.45, 7) is 1.90. The first-order chi connectivity index (χ1) is 3.85. The van der Waals surface area contributed by atoms with Gasteiger partial charge in [0.1, 0.15) is 5.76 Å². The molecule has 2 nitrogen and oxygen atoms in total. The first kappa shape index (κ1) is 7.21. The summed E-state index contributed by atoms with van der Waals surface area (Å²) < 4.78 is 4.85. The van der Waals surface area contributed by atoms with E-state index in [2.05, 4.69) is 4.99 Å². The predicted octanol–water partition coefficient (Wildman–Crippen LogP) is 1.24. The largest absolute Gasteiger partial charge is 0.496 e. The molecule has 0 radical (unpaired) electrons. The smallest absolute Gasteiger partial charge is 0.132 e. The van der Waals surface area contributed by atoms with E-state index in [-0.39, 0.29) is 0 Å². The molecule has 0 aromatic carbocycles. The van der Waals surface area contributed by atoms with E-state index in [1.807, 2.05) is 13.0 Å². The third-order valence-corrected chi connectivity index (χ3v) is 0.777. The number of aliphatic imine (C=N–C) groups is 1. The van der Waals surface area contributed by atoms with Gasteiger partial charge in [0.05, 0.1) is 13.3 Å². The van der Waals surface area contributed by atoms with Gasteiger partial charge in [-0.05, 0) is 13.0 Å². The summed E-state index contributed by atoms with van der Waals surface area (Å²) in [5.41, 5.74) is 0. The van der Waals surface area contributed by atoms with Gasteiger partial charge in [-0.2, -0.15) is 0 Å². The second-order valence-electron chi connectivity index (χ2n) is 1.28. The van der Waals surface area contributed by atoms with E-state index in [1.165, 1.54) is 0 Å². The molecule has 0 spiro atoms. The fourth-order valence-corrected chi connectivity index (χ4v) is 0.372. The van der Waals surface area contributed by atoms with Crippen LogP contribution in [0.5, 0.6) is 0 Å². The normalized spacial score (nSPS) is 12.6. The van der Waals surface area contributed by atoms with E-state index >= 15 is 0 Å². The number of methoxy groups -OCH3 is 1. The Kier molecular flexibility index (Phi) is 3.94. The maximum atomic E-state index is 4.85. The van der Waals surface area contributed by atoms with Gasteiger partial charge >= 0.3 is 0 Å². The zero-order valence-corrected chi connectivity index (χ0v) is 5.51. The van der Waals surface area contributed by atoms with Gasteiger partial charge in [-0.1, -0.05) is 0 Å². The summed E-state index contributed by atoms with van der Waals surface area (Å²) in [4.78, 5) is 3.76. The molecular weight excluding hydrogens is 102 g/mol. The van der Waals surface area contributed by atoms with Crippen molar-refractivity contribution in [2.24, 2.45) is 4.99 Å². The first-order valence-electron chi connectivity index (χ1n) is 2.47. The lowest BCUT2D eigenvalue weighted by molar-refractivity contribution is 0.316. The molecule has 0 amide bonds. The summed E-state index contributed by atoms with van der Waals surface area (Å²) in [6, 6.07) is 0. The van der Waals surface area contributed by atoms with Crippen LogP contribution in [0.4, 0.5) is 0 Å². The van der Waals surface area contributed by atoms with Crippen LogP contribution < -0.4 is 0 Å². The minimum Gasteiger partial charge on any atom is -0.496 e. The van der Waals surface area contributed by atoms with Crippen molar-refractivity contribution in [3.05, 3.63) is 11.8 Å². The molecule has 0 heterocycles. The Labute approximate surface area is 49.9 Å². The fourth-order valence-electron chi connectivity index (χ4n) is 0.372. The van der Waals surface area contributed by atoms with Gasteiger partial charge < -0.3 is 4.74 Å². The number of hydrogen-bond donors (Lipinski definition) is 0. The Bertz CT molecular complexity index is 102. The highest BCUT2D eigenvalue weighted by atomic mass is 16.5. The van der Waals surface area contributed by atoms with Crippen LogP contribution in [0, 0.1) is 0 Å². The summed E-state index contributed by atoms with van der Waals surface area (Å²) >= 11 is 0. The minimum atomic E-state index is 0.799. The van der Waals surface area contributed by atoms with Gasteiger partial charge in [-0.3, -0.25) is 4.99 Å².